The predicted molar refractivity (Wildman–Crippen MR) is 64.3 cm³/mol. The molecule has 0 saturated heterocycles. The van der Waals surface area contributed by atoms with Crippen LogP contribution in [0.1, 0.15) is 26.7 Å². The Labute approximate surface area is 96.8 Å². The van der Waals surface area contributed by atoms with Gasteiger partial charge in [0.25, 0.3) is 0 Å². The van der Waals surface area contributed by atoms with Crippen LogP contribution in [0, 0.1) is 5.82 Å². The minimum atomic E-state index is -0.255. The number of rotatable bonds is 7. The van der Waals surface area contributed by atoms with Gasteiger partial charge in [-0.1, -0.05) is 13.0 Å². The van der Waals surface area contributed by atoms with Crippen molar-refractivity contribution in [1.82, 2.24) is 5.32 Å². The largest absolute Gasteiger partial charge is 0.493 e. The van der Waals surface area contributed by atoms with Crippen LogP contribution in [0.25, 0.3) is 0 Å². The summed E-state index contributed by atoms with van der Waals surface area (Å²) in [7, 11) is 0. The number of hydrogen-bond acceptors (Lipinski definition) is 2. The molecule has 1 N–H and O–H groups in total. The molecule has 0 saturated carbocycles. The van der Waals surface area contributed by atoms with Gasteiger partial charge in [-0.25, -0.2) is 4.39 Å². The van der Waals surface area contributed by atoms with Gasteiger partial charge in [0.15, 0.2) is 0 Å². The summed E-state index contributed by atoms with van der Waals surface area (Å²) in [6, 6.07) is 6.69. The van der Waals surface area contributed by atoms with E-state index >= 15 is 0 Å². The lowest BCUT2D eigenvalue weighted by atomic mass is 10.2. The monoisotopic (exact) mass is 225 g/mol. The maximum absolute atomic E-state index is 12.8. The molecule has 1 atom stereocenters. The molecule has 2 nitrogen and oxygen atoms in total. The molecule has 1 aromatic carbocycles. The van der Waals surface area contributed by atoms with E-state index in [1.165, 1.54) is 12.1 Å². The summed E-state index contributed by atoms with van der Waals surface area (Å²) in [5.41, 5.74) is 0. The summed E-state index contributed by atoms with van der Waals surface area (Å²) < 4.78 is 18.3. The van der Waals surface area contributed by atoms with Crippen molar-refractivity contribution in [2.75, 3.05) is 13.2 Å². The van der Waals surface area contributed by atoms with E-state index in [9.17, 15) is 4.39 Å². The van der Waals surface area contributed by atoms with E-state index in [0.29, 0.717) is 18.4 Å². The van der Waals surface area contributed by atoms with Gasteiger partial charge in [-0.05, 0) is 38.4 Å². The van der Waals surface area contributed by atoms with Gasteiger partial charge < -0.3 is 10.1 Å². The van der Waals surface area contributed by atoms with Gasteiger partial charge in [-0.3, -0.25) is 0 Å². The fraction of sp³-hybridized carbons (Fsp3) is 0.538. The molecule has 0 amide bonds. The molecule has 1 rings (SSSR count). The van der Waals surface area contributed by atoms with Crippen LogP contribution in [0.5, 0.6) is 5.75 Å². The first-order valence-corrected chi connectivity index (χ1v) is 5.84. The zero-order chi connectivity index (χ0) is 11.8. The molecule has 1 unspecified atom stereocenters. The third-order valence-electron chi connectivity index (χ3n) is 2.36. The molecular formula is C13H20FNO. The minimum Gasteiger partial charge on any atom is -0.493 e. The Bertz CT molecular complexity index is 304. The van der Waals surface area contributed by atoms with Crippen LogP contribution in [0.3, 0.4) is 0 Å². The second kappa shape index (κ2) is 7.23. The topological polar surface area (TPSA) is 21.3 Å². The Hall–Kier alpha value is -1.09. The van der Waals surface area contributed by atoms with Crippen molar-refractivity contribution in [3.8, 4) is 5.75 Å². The average Bonchev–Trinajstić information content (AvgIpc) is 2.26. The molecule has 16 heavy (non-hydrogen) atoms. The van der Waals surface area contributed by atoms with Crippen molar-refractivity contribution in [3.63, 3.8) is 0 Å². The Balaban J connectivity index is 2.20. The first kappa shape index (κ1) is 13.0. The standard InChI is InChI=1S/C13H20FNO/c1-3-8-15-11(2)7-9-16-13-6-4-5-12(14)10-13/h4-6,10-11,15H,3,7-9H2,1-2H3. The van der Waals surface area contributed by atoms with Crippen molar-refractivity contribution in [1.29, 1.82) is 0 Å². The first-order chi connectivity index (χ1) is 7.72. The number of benzene rings is 1. The van der Waals surface area contributed by atoms with Crippen molar-refractivity contribution < 1.29 is 9.13 Å². The van der Waals surface area contributed by atoms with Crippen LogP contribution in [-0.4, -0.2) is 19.2 Å². The number of halogens is 1. The zero-order valence-electron chi connectivity index (χ0n) is 10.0. The summed E-state index contributed by atoms with van der Waals surface area (Å²) in [5.74, 6) is 0.345. The molecule has 0 aliphatic heterocycles. The molecule has 0 aliphatic carbocycles. The number of hydrogen-bond donors (Lipinski definition) is 1. The van der Waals surface area contributed by atoms with Crippen molar-refractivity contribution in [2.45, 2.75) is 32.7 Å². The average molecular weight is 225 g/mol. The Morgan fingerprint density at radius 1 is 1.44 bits per heavy atom. The van der Waals surface area contributed by atoms with Crippen molar-refractivity contribution in [3.05, 3.63) is 30.1 Å². The SMILES string of the molecule is CCCNC(C)CCOc1cccc(F)c1. The van der Waals surface area contributed by atoms with E-state index < -0.39 is 0 Å². The summed E-state index contributed by atoms with van der Waals surface area (Å²) in [6.07, 6.45) is 2.06. The molecule has 0 heterocycles. The summed E-state index contributed by atoms with van der Waals surface area (Å²) in [6.45, 7) is 5.91. The molecule has 0 bridgehead atoms. The fourth-order valence-electron chi connectivity index (χ4n) is 1.40. The van der Waals surface area contributed by atoms with Gasteiger partial charge in [0.2, 0.25) is 0 Å². The van der Waals surface area contributed by atoms with Gasteiger partial charge in [-0.15, -0.1) is 0 Å². The van der Waals surface area contributed by atoms with E-state index in [0.717, 1.165) is 19.4 Å². The summed E-state index contributed by atoms with van der Waals surface area (Å²) in [4.78, 5) is 0. The fourth-order valence-corrected chi connectivity index (χ4v) is 1.40. The van der Waals surface area contributed by atoms with E-state index in [2.05, 4.69) is 19.2 Å². The summed E-state index contributed by atoms with van der Waals surface area (Å²) in [5, 5.41) is 3.38. The Morgan fingerprint density at radius 2 is 2.25 bits per heavy atom. The smallest absolute Gasteiger partial charge is 0.126 e. The highest BCUT2D eigenvalue weighted by molar-refractivity contribution is 5.22. The first-order valence-electron chi connectivity index (χ1n) is 5.84. The van der Waals surface area contributed by atoms with Gasteiger partial charge in [-0.2, -0.15) is 0 Å². The molecule has 0 fully saturated rings. The van der Waals surface area contributed by atoms with Gasteiger partial charge >= 0.3 is 0 Å². The highest BCUT2D eigenvalue weighted by Crippen LogP contribution is 2.12. The van der Waals surface area contributed by atoms with E-state index in [1.54, 1.807) is 12.1 Å². The normalized spacial score (nSPS) is 12.4. The van der Waals surface area contributed by atoms with E-state index in [-0.39, 0.29) is 5.82 Å². The van der Waals surface area contributed by atoms with Gasteiger partial charge in [0.05, 0.1) is 6.61 Å². The highest BCUT2D eigenvalue weighted by atomic mass is 19.1. The third-order valence-corrected chi connectivity index (χ3v) is 2.36. The number of ether oxygens (including phenoxy) is 1. The van der Waals surface area contributed by atoms with Crippen molar-refractivity contribution in [2.24, 2.45) is 0 Å². The highest BCUT2D eigenvalue weighted by Gasteiger charge is 2.01. The van der Waals surface area contributed by atoms with E-state index in [4.69, 9.17) is 4.74 Å². The lowest BCUT2D eigenvalue weighted by Gasteiger charge is -2.13. The summed E-state index contributed by atoms with van der Waals surface area (Å²) >= 11 is 0. The Morgan fingerprint density at radius 3 is 2.94 bits per heavy atom. The number of nitrogens with one attached hydrogen (secondary N) is 1. The molecule has 0 radical (unpaired) electrons. The Kier molecular flexibility index (Phi) is 5.86. The maximum Gasteiger partial charge on any atom is 0.126 e. The molecule has 0 aliphatic rings. The molecule has 0 aromatic heterocycles. The van der Waals surface area contributed by atoms with Crippen molar-refractivity contribution >= 4 is 0 Å². The second-order valence-corrected chi connectivity index (χ2v) is 3.95. The van der Waals surface area contributed by atoms with Gasteiger partial charge in [0.1, 0.15) is 11.6 Å². The van der Waals surface area contributed by atoms with Crippen LogP contribution in [0.15, 0.2) is 24.3 Å². The second-order valence-electron chi connectivity index (χ2n) is 3.95. The minimum absolute atomic E-state index is 0.255. The van der Waals surface area contributed by atoms with Crippen LogP contribution in [0.4, 0.5) is 4.39 Å². The maximum atomic E-state index is 12.8. The quantitative estimate of drug-likeness (QED) is 0.770. The molecule has 0 spiro atoms. The third kappa shape index (κ3) is 5.12. The predicted octanol–water partition coefficient (Wildman–Crippen LogP) is 2.98. The van der Waals surface area contributed by atoms with Crippen LogP contribution < -0.4 is 10.1 Å². The van der Waals surface area contributed by atoms with Crippen LogP contribution in [0.2, 0.25) is 0 Å². The van der Waals surface area contributed by atoms with Gasteiger partial charge in [0, 0.05) is 12.1 Å². The molecule has 3 heteroatoms. The molecule has 1 aromatic rings. The van der Waals surface area contributed by atoms with Crippen LogP contribution >= 0.6 is 0 Å². The lowest BCUT2D eigenvalue weighted by molar-refractivity contribution is 0.289. The zero-order valence-corrected chi connectivity index (χ0v) is 10.0. The molecular weight excluding hydrogens is 205 g/mol. The molecule has 90 valence electrons. The van der Waals surface area contributed by atoms with E-state index in [1.807, 2.05) is 0 Å². The van der Waals surface area contributed by atoms with Crippen LogP contribution in [-0.2, 0) is 0 Å². The lowest BCUT2D eigenvalue weighted by Crippen LogP contribution is -2.28.